The molecule has 0 aliphatic heterocycles. The molecule has 2 rings (SSSR count). The summed E-state index contributed by atoms with van der Waals surface area (Å²) >= 11 is 0. The van der Waals surface area contributed by atoms with Gasteiger partial charge in [-0.1, -0.05) is 18.2 Å². The summed E-state index contributed by atoms with van der Waals surface area (Å²) in [7, 11) is 2.00. The lowest BCUT2D eigenvalue weighted by atomic mass is 10.1. The third-order valence-corrected chi connectivity index (χ3v) is 3.03. The Labute approximate surface area is 126 Å². The molecule has 3 heteroatoms. The molecule has 0 aromatic heterocycles. The number of benzene rings is 2. The largest absolute Gasteiger partial charge is 0.456 e. The van der Waals surface area contributed by atoms with Gasteiger partial charge in [-0.2, -0.15) is 0 Å². The molecule has 0 radical (unpaired) electrons. The van der Waals surface area contributed by atoms with Crippen LogP contribution < -0.4 is 4.90 Å². The van der Waals surface area contributed by atoms with Gasteiger partial charge in [0, 0.05) is 18.4 Å². The molecule has 0 fully saturated rings. The number of esters is 1. The molecular weight excluding hydrogens is 262 g/mol. The lowest BCUT2D eigenvalue weighted by Gasteiger charge is -2.21. The van der Waals surface area contributed by atoms with Gasteiger partial charge in [0.15, 0.2) is 0 Å². The van der Waals surface area contributed by atoms with Crippen LogP contribution in [-0.2, 0) is 4.74 Å². The zero-order valence-electron chi connectivity index (χ0n) is 13.0. The van der Waals surface area contributed by atoms with Gasteiger partial charge in [-0.25, -0.2) is 4.79 Å². The van der Waals surface area contributed by atoms with Gasteiger partial charge in [0.25, 0.3) is 0 Å². The van der Waals surface area contributed by atoms with Crippen LogP contribution in [0.3, 0.4) is 0 Å². The van der Waals surface area contributed by atoms with E-state index in [2.05, 4.69) is 4.90 Å². The molecule has 2 aromatic rings. The fourth-order valence-electron chi connectivity index (χ4n) is 1.96. The molecule has 0 N–H and O–H groups in total. The second-order valence-electron chi connectivity index (χ2n) is 5.94. The molecule has 0 amide bonds. The fourth-order valence-corrected chi connectivity index (χ4v) is 1.96. The zero-order valence-corrected chi connectivity index (χ0v) is 13.0. The van der Waals surface area contributed by atoms with Gasteiger partial charge < -0.3 is 9.64 Å². The normalized spacial score (nSPS) is 11.0. The van der Waals surface area contributed by atoms with E-state index in [1.807, 2.05) is 70.3 Å². The number of carbonyl (C=O) groups excluding carboxylic acids is 1. The Kier molecular flexibility index (Phi) is 4.32. The maximum Gasteiger partial charge on any atom is 0.338 e. The van der Waals surface area contributed by atoms with Crippen molar-refractivity contribution in [1.29, 1.82) is 0 Å². The summed E-state index contributed by atoms with van der Waals surface area (Å²) < 4.78 is 5.36. The smallest absolute Gasteiger partial charge is 0.338 e. The Morgan fingerprint density at radius 3 is 1.95 bits per heavy atom. The molecule has 0 spiro atoms. The zero-order chi connectivity index (χ0) is 15.5. The van der Waals surface area contributed by atoms with E-state index in [-0.39, 0.29) is 5.97 Å². The molecule has 0 unspecified atom stereocenters. The van der Waals surface area contributed by atoms with E-state index in [4.69, 9.17) is 4.74 Å². The number of rotatable bonds is 3. The van der Waals surface area contributed by atoms with Crippen LogP contribution in [0.1, 0.15) is 31.1 Å². The first-order chi connectivity index (χ1) is 9.87. The maximum atomic E-state index is 12.0. The van der Waals surface area contributed by atoms with E-state index in [1.165, 1.54) is 0 Å². The minimum absolute atomic E-state index is 0.295. The second kappa shape index (κ2) is 6.00. The van der Waals surface area contributed by atoms with Gasteiger partial charge >= 0.3 is 5.97 Å². The van der Waals surface area contributed by atoms with Crippen LogP contribution in [0.25, 0.3) is 0 Å². The van der Waals surface area contributed by atoms with Crippen LogP contribution >= 0.6 is 0 Å². The summed E-state index contributed by atoms with van der Waals surface area (Å²) in [6.07, 6.45) is 0. The topological polar surface area (TPSA) is 29.5 Å². The van der Waals surface area contributed by atoms with Crippen LogP contribution in [0, 0.1) is 0 Å². The third kappa shape index (κ3) is 4.09. The molecule has 0 saturated heterocycles. The molecule has 2 aromatic carbocycles. The summed E-state index contributed by atoms with van der Waals surface area (Å²) in [6.45, 7) is 5.59. The quantitative estimate of drug-likeness (QED) is 0.781. The van der Waals surface area contributed by atoms with Crippen LogP contribution in [-0.4, -0.2) is 18.6 Å². The maximum absolute atomic E-state index is 12.0. The van der Waals surface area contributed by atoms with E-state index in [9.17, 15) is 4.79 Å². The van der Waals surface area contributed by atoms with Crippen molar-refractivity contribution in [3.05, 3.63) is 60.2 Å². The number of hydrogen-bond donors (Lipinski definition) is 0. The minimum atomic E-state index is -0.476. The summed E-state index contributed by atoms with van der Waals surface area (Å²) in [5.41, 5.74) is 2.21. The van der Waals surface area contributed by atoms with Crippen molar-refractivity contribution in [3.8, 4) is 0 Å². The van der Waals surface area contributed by atoms with Gasteiger partial charge in [0.05, 0.1) is 5.56 Å². The summed E-state index contributed by atoms with van der Waals surface area (Å²) in [4.78, 5) is 14.0. The van der Waals surface area contributed by atoms with Gasteiger partial charge in [0.2, 0.25) is 0 Å². The van der Waals surface area contributed by atoms with Crippen LogP contribution in [0.2, 0.25) is 0 Å². The van der Waals surface area contributed by atoms with Crippen LogP contribution in [0.15, 0.2) is 54.6 Å². The van der Waals surface area contributed by atoms with E-state index in [1.54, 1.807) is 12.1 Å². The summed E-state index contributed by atoms with van der Waals surface area (Å²) in [6, 6.07) is 17.5. The highest BCUT2D eigenvalue weighted by atomic mass is 16.6. The number of anilines is 2. The highest BCUT2D eigenvalue weighted by molar-refractivity contribution is 5.90. The average Bonchev–Trinajstić information content (AvgIpc) is 2.46. The lowest BCUT2D eigenvalue weighted by Crippen LogP contribution is -2.23. The van der Waals surface area contributed by atoms with E-state index >= 15 is 0 Å². The van der Waals surface area contributed by atoms with Gasteiger partial charge in [-0.15, -0.1) is 0 Å². The van der Waals surface area contributed by atoms with Crippen molar-refractivity contribution in [3.63, 3.8) is 0 Å². The summed E-state index contributed by atoms with van der Waals surface area (Å²) in [5.74, 6) is -0.295. The highest BCUT2D eigenvalue weighted by Gasteiger charge is 2.17. The highest BCUT2D eigenvalue weighted by Crippen LogP contribution is 2.23. The van der Waals surface area contributed by atoms with Crippen molar-refractivity contribution in [2.75, 3.05) is 11.9 Å². The molecule has 0 heterocycles. The summed E-state index contributed by atoms with van der Waals surface area (Å²) in [5, 5.41) is 0. The molecule has 0 aliphatic rings. The van der Waals surface area contributed by atoms with Crippen molar-refractivity contribution in [1.82, 2.24) is 0 Å². The number of carbonyl (C=O) groups is 1. The second-order valence-corrected chi connectivity index (χ2v) is 5.94. The SMILES string of the molecule is CN(c1ccccc1)c1ccc(C(=O)OC(C)(C)C)cc1. The Hall–Kier alpha value is -2.29. The monoisotopic (exact) mass is 283 g/mol. The number of ether oxygens (including phenoxy) is 1. The number of nitrogens with zero attached hydrogens (tertiary/aromatic N) is 1. The van der Waals surface area contributed by atoms with E-state index in [0.29, 0.717) is 5.56 Å². The Morgan fingerprint density at radius 2 is 1.43 bits per heavy atom. The van der Waals surface area contributed by atoms with Crippen molar-refractivity contribution >= 4 is 17.3 Å². The van der Waals surface area contributed by atoms with Crippen molar-refractivity contribution in [2.45, 2.75) is 26.4 Å². The third-order valence-electron chi connectivity index (χ3n) is 3.03. The molecule has 3 nitrogen and oxygen atoms in total. The minimum Gasteiger partial charge on any atom is -0.456 e. The standard InChI is InChI=1S/C18H21NO2/c1-18(2,3)21-17(20)14-10-12-16(13-11-14)19(4)15-8-6-5-7-9-15/h5-13H,1-4H3. The Balaban J connectivity index is 2.14. The van der Waals surface area contributed by atoms with Gasteiger partial charge in [-0.05, 0) is 57.2 Å². The predicted molar refractivity (Wildman–Crippen MR) is 86.1 cm³/mol. The van der Waals surface area contributed by atoms with E-state index in [0.717, 1.165) is 11.4 Å². The molecule has 110 valence electrons. The van der Waals surface area contributed by atoms with Gasteiger partial charge in [0.1, 0.15) is 5.60 Å². The van der Waals surface area contributed by atoms with E-state index < -0.39 is 5.60 Å². The lowest BCUT2D eigenvalue weighted by molar-refractivity contribution is 0.00696. The molecule has 0 atom stereocenters. The Bertz CT molecular complexity index is 597. The number of para-hydroxylation sites is 1. The molecule has 0 bridgehead atoms. The molecular formula is C18H21NO2. The van der Waals surface area contributed by atoms with Gasteiger partial charge in [-0.3, -0.25) is 0 Å². The van der Waals surface area contributed by atoms with Crippen LogP contribution in [0.4, 0.5) is 11.4 Å². The fraction of sp³-hybridized carbons (Fsp3) is 0.278. The first kappa shape index (κ1) is 15.1. The Morgan fingerprint density at radius 1 is 0.905 bits per heavy atom. The predicted octanol–water partition coefficient (Wildman–Crippen LogP) is 4.41. The molecule has 21 heavy (non-hydrogen) atoms. The average molecular weight is 283 g/mol. The molecule has 0 saturated carbocycles. The van der Waals surface area contributed by atoms with Crippen molar-refractivity contribution < 1.29 is 9.53 Å². The van der Waals surface area contributed by atoms with Crippen molar-refractivity contribution in [2.24, 2.45) is 0 Å². The van der Waals surface area contributed by atoms with Crippen LogP contribution in [0.5, 0.6) is 0 Å². The first-order valence-corrected chi connectivity index (χ1v) is 6.99. The molecule has 0 aliphatic carbocycles. The number of hydrogen-bond acceptors (Lipinski definition) is 3. The first-order valence-electron chi connectivity index (χ1n) is 6.99.